The highest BCUT2D eigenvalue weighted by Gasteiger charge is 2.22. The van der Waals surface area contributed by atoms with Crippen LogP contribution in [0.25, 0.3) is 0 Å². The number of phosphoric ester groups is 1. The molecule has 0 aromatic heterocycles. The Morgan fingerprint density at radius 2 is 0.889 bits per heavy atom. The van der Waals surface area contributed by atoms with E-state index in [2.05, 4.69) is 79.1 Å². The van der Waals surface area contributed by atoms with Gasteiger partial charge in [-0.25, -0.2) is 4.57 Å². The van der Waals surface area contributed by atoms with Crippen molar-refractivity contribution in [2.75, 3.05) is 13.2 Å². The number of phosphoric acid groups is 1. The summed E-state index contributed by atoms with van der Waals surface area (Å²) in [6.45, 7) is 3.56. The summed E-state index contributed by atoms with van der Waals surface area (Å²) in [6.07, 6.45) is 50.8. The molecule has 0 rings (SSSR count). The quantitative estimate of drug-likeness (QED) is 0.0274. The molecule has 1 unspecified atom stereocenters. The average Bonchev–Trinajstić information content (AvgIpc) is 3.14. The smallest absolute Gasteiger partial charge is 0.462 e. The maximum atomic E-state index is 12.4. The van der Waals surface area contributed by atoms with Crippen LogP contribution in [0.3, 0.4) is 0 Å². The molecule has 0 amide bonds. The second kappa shape index (κ2) is 40.4. The van der Waals surface area contributed by atoms with Crippen molar-refractivity contribution in [1.29, 1.82) is 0 Å². The standard InChI is InChI=1S/C45H79O8P/c1-3-5-7-9-11-13-15-17-19-21-22-24-26-28-30-32-34-36-38-40-45(47)53-43(42-52-54(48,49)50)41-51-44(46)39-37-35-33-31-29-27-25-23-20-18-16-14-12-10-8-6-4-2/h5,7,11,13,17-20,22,24,43H,3-4,6,8-10,12,14-16,21,23,25-42H2,1-2H3,(H2,48,49,50)/b7-5-,13-11-,19-17-,20-18-,24-22-. The third kappa shape index (κ3) is 42.5. The summed E-state index contributed by atoms with van der Waals surface area (Å²) in [6, 6.07) is 0. The van der Waals surface area contributed by atoms with E-state index in [0.717, 1.165) is 89.9 Å². The minimum absolute atomic E-state index is 0.193. The Kier molecular flexibility index (Phi) is 38.7. The number of unbranched alkanes of at least 4 members (excludes halogenated alkanes) is 19. The second-order valence-corrected chi connectivity index (χ2v) is 15.5. The Morgan fingerprint density at radius 3 is 1.35 bits per heavy atom. The van der Waals surface area contributed by atoms with Crippen molar-refractivity contribution >= 4 is 19.8 Å². The molecular formula is C45H79O8P. The summed E-state index contributed by atoms with van der Waals surface area (Å²) in [5.41, 5.74) is 0. The van der Waals surface area contributed by atoms with E-state index in [1.807, 2.05) is 0 Å². The van der Waals surface area contributed by atoms with Gasteiger partial charge in [0.25, 0.3) is 0 Å². The van der Waals surface area contributed by atoms with E-state index in [0.29, 0.717) is 12.8 Å². The van der Waals surface area contributed by atoms with Gasteiger partial charge < -0.3 is 19.3 Å². The van der Waals surface area contributed by atoms with Gasteiger partial charge in [-0.15, -0.1) is 0 Å². The van der Waals surface area contributed by atoms with Gasteiger partial charge in [0, 0.05) is 12.8 Å². The van der Waals surface area contributed by atoms with Gasteiger partial charge >= 0.3 is 19.8 Å². The lowest BCUT2D eigenvalue weighted by Crippen LogP contribution is -2.29. The summed E-state index contributed by atoms with van der Waals surface area (Å²) < 4.78 is 26.4. The molecule has 0 saturated carbocycles. The molecule has 2 N–H and O–H groups in total. The highest BCUT2D eigenvalue weighted by molar-refractivity contribution is 7.46. The van der Waals surface area contributed by atoms with Gasteiger partial charge in [-0.2, -0.15) is 0 Å². The lowest BCUT2D eigenvalue weighted by atomic mass is 10.1. The van der Waals surface area contributed by atoms with Gasteiger partial charge in [0.2, 0.25) is 0 Å². The summed E-state index contributed by atoms with van der Waals surface area (Å²) in [7, 11) is -4.76. The van der Waals surface area contributed by atoms with Crippen LogP contribution in [0, 0.1) is 0 Å². The Bertz CT molecular complexity index is 1060. The summed E-state index contributed by atoms with van der Waals surface area (Å²) in [5.74, 6) is -0.907. The Hall–Kier alpha value is -2.25. The average molecular weight is 779 g/mol. The van der Waals surface area contributed by atoms with Crippen LogP contribution >= 0.6 is 7.82 Å². The minimum atomic E-state index is -4.76. The maximum absolute atomic E-state index is 12.4. The maximum Gasteiger partial charge on any atom is 0.469 e. The van der Waals surface area contributed by atoms with E-state index in [1.165, 1.54) is 64.2 Å². The molecule has 54 heavy (non-hydrogen) atoms. The fourth-order valence-electron chi connectivity index (χ4n) is 5.83. The van der Waals surface area contributed by atoms with Gasteiger partial charge in [0.1, 0.15) is 6.61 Å². The molecule has 9 heteroatoms. The predicted octanol–water partition coefficient (Wildman–Crippen LogP) is 13.3. The van der Waals surface area contributed by atoms with Crippen molar-refractivity contribution in [3.63, 3.8) is 0 Å². The van der Waals surface area contributed by atoms with E-state index in [4.69, 9.17) is 19.3 Å². The number of hydrogen-bond acceptors (Lipinski definition) is 6. The second-order valence-electron chi connectivity index (χ2n) is 14.3. The van der Waals surface area contributed by atoms with Crippen LogP contribution in [0.4, 0.5) is 0 Å². The van der Waals surface area contributed by atoms with Crippen LogP contribution in [-0.2, 0) is 28.2 Å². The third-order valence-electron chi connectivity index (χ3n) is 9.02. The Labute approximate surface area is 330 Å². The SMILES string of the molecule is CC/C=C\C/C=C\C/C=C\C/C=C\CCCCCCCCC(=O)OC(COC(=O)CCCCCCCCC/C=C\CCCCCCCC)COP(=O)(O)O. The number of allylic oxidation sites excluding steroid dienone is 10. The van der Waals surface area contributed by atoms with Crippen LogP contribution in [0.1, 0.15) is 194 Å². The zero-order chi connectivity index (χ0) is 39.6. The molecule has 0 aliphatic rings. The van der Waals surface area contributed by atoms with Crippen molar-refractivity contribution in [3.8, 4) is 0 Å². The normalized spacial score (nSPS) is 13.0. The molecule has 0 aromatic rings. The Balaban J connectivity index is 3.95. The zero-order valence-electron chi connectivity index (χ0n) is 34.4. The van der Waals surface area contributed by atoms with E-state index in [1.54, 1.807) is 0 Å². The molecule has 0 aromatic carbocycles. The number of ether oxygens (including phenoxy) is 2. The predicted molar refractivity (Wildman–Crippen MR) is 225 cm³/mol. The van der Waals surface area contributed by atoms with Crippen molar-refractivity contribution in [2.24, 2.45) is 0 Å². The van der Waals surface area contributed by atoms with Crippen LogP contribution in [0.5, 0.6) is 0 Å². The molecule has 0 spiro atoms. The van der Waals surface area contributed by atoms with Crippen molar-refractivity contribution in [1.82, 2.24) is 0 Å². The summed E-state index contributed by atoms with van der Waals surface area (Å²) in [5, 5.41) is 0. The van der Waals surface area contributed by atoms with Crippen LogP contribution in [0.15, 0.2) is 60.8 Å². The van der Waals surface area contributed by atoms with E-state index >= 15 is 0 Å². The molecule has 0 heterocycles. The molecular weight excluding hydrogens is 699 g/mol. The molecule has 0 radical (unpaired) electrons. The summed E-state index contributed by atoms with van der Waals surface area (Å²) in [4.78, 5) is 42.9. The molecule has 312 valence electrons. The summed E-state index contributed by atoms with van der Waals surface area (Å²) >= 11 is 0. The highest BCUT2D eigenvalue weighted by atomic mass is 31.2. The van der Waals surface area contributed by atoms with Gasteiger partial charge in [0.15, 0.2) is 6.10 Å². The molecule has 0 bridgehead atoms. The number of carbonyl (C=O) groups is 2. The monoisotopic (exact) mass is 779 g/mol. The van der Waals surface area contributed by atoms with E-state index < -0.39 is 32.5 Å². The number of hydrogen-bond donors (Lipinski definition) is 2. The zero-order valence-corrected chi connectivity index (χ0v) is 35.2. The fraction of sp³-hybridized carbons (Fsp3) is 0.733. The Morgan fingerprint density at radius 1 is 0.500 bits per heavy atom. The van der Waals surface area contributed by atoms with Gasteiger partial charge in [-0.3, -0.25) is 14.1 Å². The van der Waals surface area contributed by atoms with Crippen molar-refractivity contribution in [2.45, 2.75) is 200 Å². The van der Waals surface area contributed by atoms with Crippen LogP contribution in [-0.4, -0.2) is 41.0 Å². The van der Waals surface area contributed by atoms with Crippen LogP contribution < -0.4 is 0 Å². The van der Waals surface area contributed by atoms with Crippen molar-refractivity contribution in [3.05, 3.63) is 60.8 Å². The first-order valence-corrected chi connectivity index (χ1v) is 23.1. The number of carbonyl (C=O) groups excluding carboxylic acids is 2. The fourth-order valence-corrected chi connectivity index (χ4v) is 6.19. The number of rotatable bonds is 39. The molecule has 0 saturated heterocycles. The van der Waals surface area contributed by atoms with Crippen molar-refractivity contribution < 1.29 is 37.9 Å². The molecule has 8 nitrogen and oxygen atoms in total. The first kappa shape index (κ1) is 51.8. The molecule has 0 fully saturated rings. The first-order chi connectivity index (χ1) is 26.3. The van der Waals surface area contributed by atoms with Gasteiger partial charge in [0.05, 0.1) is 6.61 Å². The third-order valence-corrected chi connectivity index (χ3v) is 9.51. The largest absolute Gasteiger partial charge is 0.469 e. The lowest BCUT2D eigenvalue weighted by molar-refractivity contribution is -0.161. The minimum Gasteiger partial charge on any atom is -0.462 e. The molecule has 1 atom stereocenters. The lowest BCUT2D eigenvalue weighted by Gasteiger charge is -2.18. The van der Waals surface area contributed by atoms with E-state index in [-0.39, 0.29) is 19.4 Å². The highest BCUT2D eigenvalue weighted by Crippen LogP contribution is 2.36. The topological polar surface area (TPSA) is 119 Å². The first-order valence-electron chi connectivity index (χ1n) is 21.6. The number of esters is 2. The van der Waals surface area contributed by atoms with Gasteiger partial charge in [-0.1, -0.05) is 164 Å². The molecule has 0 aliphatic heterocycles. The van der Waals surface area contributed by atoms with Gasteiger partial charge in [-0.05, 0) is 77.0 Å². The van der Waals surface area contributed by atoms with Crippen LogP contribution in [0.2, 0.25) is 0 Å². The van der Waals surface area contributed by atoms with E-state index in [9.17, 15) is 14.2 Å². The molecule has 0 aliphatic carbocycles.